The quantitative estimate of drug-likeness (QED) is 0.160. The third-order valence-corrected chi connectivity index (χ3v) is 4.14. The molecule has 0 aliphatic heterocycles. The van der Waals surface area contributed by atoms with E-state index < -0.39 is 0 Å². The summed E-state index contributed by atoms with van der Waals surface area (Å²) in [5, 5.41) is 9.85. The monoisotopic (exact) mass is 338 g/mol. The average Bonchev–Trinajstić information content (AvgIpc) is 2.59. The highest BCUT2D eigenvalue weighted by molar-refractivity contribution is 5.81. The fourth-order valence-electron chi connectivity index (χ4n) is 2.60. The molecule has 0 aromatic carbocycles. The third kappa shape index (κ3) is 17.3. The Morgan fingerprint density at radius 2 is 1.67 bits per heavy atom. The molecular weight excluding hydrogens is 300 g/mol. The highest BCUT2D eigenvalue weighted by Crippen LogP contribution is 2.10. The normalized spacial score (nSPS) is 12.4. The van der Waals surface area contributed by atoms with Crippen LogP contribution in [0.15, 0.2) is 24.8 Å². The van der Waals surface area contributed by atoms with Crippen LogP contribution in [0.4, 0.5) is 0 Å². The Bertz CT molecular complexity index is 323. The fraction of sp³-hybridized carbons (Fsp3) is 0.762. The molecule has 3 nitrogen and oxygen atoms in total. The summed E-state index contributed by atoms with van der Waals surface area (Å²) in [6, 6.07) is 0. The van der Waals surface area contributed by atoms with E-state index in [-0.39, 0.29) is 12.1 Å². The number of carbonyl (C=O) groups excluding carboxylic acids is 1. The highest BCUT2D eigenvalue weighted by atomic mass is 16.5. The van der Waals surface area contributed by atoms with E-state index in [1.54, 1.807) is 0 Å². The lowest BCUT2D eigenvalue weighted by molar-refractivity contribution is -0.137. The lowest BCUT2D eigenvalue weighted by Crippen LogP contribution is -2.04. The molecule has 24 heavy (non-hydrogen) atoms. The van der Waals surface area contributed by atoms with E-state index in [0.717, 1.165) is 38.5 Å². The Morgan fingerprint density at radius 1 is 1.00 bits per heavy atom. The van der Waals surface area contributed by atoms with Crippen LogP contribution in [0.25, 0.3) is 0 Å². The van der Waals surface area contributed by atoms with E-state index in [1.807, 2.05) is 0 Å². The summed E-state index contributed by atoms with van der Waals surface area (Å²) in [6.07, 6.45) is 20.1. The number of hydrogen-bond donors (Lipinski definition) is 1. The molecule has 140 valence electrons. The maximum Gasteiger partial charge on any atom is 0.330 e. The first-order chi connectivity index (χ1) is 11.7. The molecule has 0 rings (SSSR count). The van der Waals surface area contributed by atoms with Gasteiger partial charge in [-0.2, -0.15) is 0 Å². The van der Waals surface area contributed by atoms with Crippen LogP contribution in [0, 0.1) is 0 Å². The smallest absolute Gasteiger partial charge is 0.330 e. The highest BCUT2D eigenvalue weighted by Gasteiger charge is 2.00. The van der Waals surface area contributed by atoms with E-state index in [9.17, 15) is 9.90 Å². The third-order valence-electron chi connectivity index (χ3n) is 4.14. The minimum atomic E-state index is -0.326. The van der Waals surface area contributed by atoms with Crippen LogP contribution in [0.3, 0.4) is 0 Å². The predicted octanol–water partition coefficient (Wildman–Crippen LogP) is 5.72. The molecule has 0 saturated heterocycles. The molecule has 1 N–H and O–H groups in total. The van der Waals surface area contributed by atoms with Gasteiger partial charge in [0.05, 0.1) is 12.7 Å². The zero-order chi connectivity index (χ0) is 17.9. The summed E-state index contributed by atoms with van der Waals surface area (Å²) in [4.78, 5) is 10.8. The maximum atomic E-state index is 10.8. The van der Waals surface area contributed by atoms with Gasteiger partial charge in [-0.05, 0) is 32.1 Å². The van der Waals surface area contributed by atoms with Gasteiger partial charge in [0.15, 0.2) is 0 Å². The molecule has 0 heterocycles. The SMILES string of the molecule is C=CC(=O)OCCCCCCCCC=CCC(O)CCCCCC. The lowest BCUT2D eigenvalue weighted by Gasteiger charge is -2.07. The van der Waals surface area contributed by atoms with Gasteiger partial charge in [0.25, 0.3) is 0 Å². The zero-order valence-corrected chi connectivity index (χ0v) is 15.7. The molecule has 0 amide bonds. The first-order valence-corrected chi connectivity index (χ1v) is 9.83. The Balaban J connectivity index is 3.25. The molecule has 0 aliphatic rings. The van der Waals surface area contributed by atoms with Crippen molar-refractivity contribution >= 4 is 5.97 Å². The second-order valence-corrected chi connectivity index (χ2v) is 6.49. The molecule has 0 spiro atoms. The van der Waals surface area contributed by atoms with E-state index in [4.69, 9.17) is 4.74 Å². The van der Waals surface area contributed by atoms with Crippen LogP contribution in [-0.2, 0) is 9.53 Å². The average molecular weight is 339 g/mol. The number of ether oxygens (including phenoxy) is 1. The Morgan fingerprint density at radius 3 is 2.38 bits per heavy atom. The maximum absolute atomic E-state index is 10.8. The minimum Gasteiger partial charge on any atom is -0.463 e. The molecule has 0 bridgehead atoms. The van der Waals surface area contributed by atoms with Gasteiger partial charge in [0, 0.05) is 6.08 Å². The van der Waals surface area contributed by atoms with Crippen molar-refractivity contribution in [1.82, 2.24) is 0 Å². The van der Waals surface area contributed by atoms with Crippen molar-refractivity contribution in [3.63, 3.8) is 0 Å². The van der Waals surface area contributed by atoms with Crippen LogP contribution < -0.4 is 0 Å². The molecule has 1 unspecified atom stereocenters. The Hall–Kier alpha value is -1.09. The second kappa shape index (κ2) is 18.3. The van der Waals surface area contributed by atoms with Gasteiger partial charge in [-0.25, -0.2) is 4.79 Å². The fourth-order valence-corrected chi connectivity index (χ4v) is 2.60. The number of aliphatic hydroxyl groups excluding tert-OH is 1. The standard InChI is InChI=1S/C21H38O3/c1-3-5-6-14-17-20(22)18-15-12-10-8-7-9-11-13-16-19-24-21(23)4-2/h4,12,15,20,22H,2-3,5-11,13-14,16-19H2,1H3. The van der Waals surface area contributed by atoms with Gasteiger partial charge in [-0.3, -0.25) is 0 Å². The number of esters is 1. The summed E-state index contributed by atoms with van der Waals surface area (Å²) >= 11 is 0. The molecule has 0 aromatic heterocycles. The molecule has 0 radical (unpaired) electrons. The van der Waals surface area contributed by atoms with E-state index in [2.05, 4.69) is 25.7 Å². The zero-order valence-electron chi connectivity index (χ0n) is 15.7. The summed E-state index contributed by atoms with van der Waals surface area (Å²) in [5.41, 5.74) is 0. The van der Waals surface area contributed by atoms with Crippen LogP contribution in [-0.4, -0.2) is 23.8 Å². The van der Waals surface area contributed by atoms with E-state index in [1.165, 1.54) is 51.0 Å². The molecule has 3 heteroatoms. The van der Waals surface area contributed by atoms with Gasteiger partial charge in [-0.15, -0.1) is 0 Å². The van der Waals surface area contributed by atoms with Crippen LogP contribution >= 0.6 is 0 Å². The van der Waals surface area contributed by atoms with Crippen molar-refractivity contribution in [3.05, 3.63) is 24.8 Å². The lowest BCUT2D eigenvalue weighted by atomic mass is 10.1. The van der Waals surface area contributed by atoms with Crippen LogP contribution in [0.2, 0.25) is 0 Å². The first kappa shape index (κ1) is 22.9. The van der Waals surface area contributed by atoms with Gasteiger partial charge < -0.3 is 9.84 Å². The van der Waals surface area contributed by atoms with Crippen LogP contribution in [0.1, 0.15) is 90.4 Å². The van der Waals surface area contributed by atoms with Gasteiger partial charge in [-0.1, -0.05) is 77.0 Å². The molecular formula is C21H38O3. The van der Waals surface area contributed by atoms with E-state index in [0.29, 0.717) is 6.61 Å². The summed E-state index contributed by atoms with van der Waals surface area (Å²) < 4.78 is 4.93. The molecule has 0 saturated carbocycles. The topological polar surface area (TPSA) is 46.5 Å². The van der Waals surface area contributed by atoms with Gasteiger partial charge >= 0.3 is 5.97 Å². The second-order valence-electron chi connectivity index (χ2n) is 6.49. The van der Waals surface area contributed by atoms with Crippen molar-refractivity contribution in [3.8, 4) is 0 Å². The van der Waals surface area contributed by atoms with Crippen molar-refractivity contribution in [2.24, 2.45) is 0 Å². The number of aliphatic hydroxyl groups is 1. The molecule has 0 fully saturated rings. The first-order valence-electron chi connectivity index (χ1n) is 9.83. The summed E-state index contributed by atoms with van der Waals surface area (Å²) in [7, 11) is 0. The Labute approximate surface area is 149 Å². The largest absolute Gasteiger partial charge is 0.463 e. The predicted molar refractivity (Wildman–Crippen MR) is 102 cm³/mol. The van der Waals surface area contributed by atoms with E-state index >= 15 is 0 Å². The Kier molecular flexibility index (Phi) is 17.4. The van der Waals surface area contributed by atoms with Gasteiger partial charge in [0.2, 0.25) is 0 Å². The van der Waals surface area contributed by atoms with Crippen molar-refractivity contribution in [2.45, 2.75) is 96.5 Å². The van der Waals surface area contributed by atoms with Crippen LogP contribution in [0.5, 0.6) is 0 Å². The van der Waals surface area contributed by atoms with Crippen molar-refractivity contribution < 1.29 is 14.6 Å². The minimum absolute atomic E-state index is 0.159. The molecule has 0 aromatic rings. The van der Waals surface area contributed by atoms with Crippen molar-refractivity contribution in [2.75, 3.05) is 6.61 Å². The van der Waals surface area contributed by atoms with Crippen molar-refractivity contribution in [1.29, 1.82) is 0 Å². The number of unbranched alkanes of at least 4 members (excludes halogenated alkanes) is 9. The molecule has 0 aliphatic carbocycles. The summed E-state index contributed by atoms with van der Waals surface area (Å²) in [5.74, 6) is -0.326. The number of allylic oxidation sites excluding steroid dienone is 1. The summed E-state index contributed by atoms with van der Waals surface area (Å²) in [6.45, 7) is 6.08. The number of hydrogen-bond acceptors (Lipinski definition) is 3. The van der Waals surface area contributed by atoms with Gasteiger partial charge in [0.1, 0.15) is 0 Å². The number of rotatable bonds is 17. The molecule has 1 atom stereocenters. The number of carbonyl (C=O) groups is 1.